The number of carbonyl (C=O) groups excluding carboxylic acids is 3. The van der Waals surface area contributed by atoms with Crippen LogP contribution in [0.25, 0.3) is 0 Å². The highest BCUT2D eigenvalue weighted by molar-refractivity contribution is 8.00. The summed E-state index contributed by atoms with van der Waals surface area (Å²) < 4.78 is 6.96. The molecule has 2 aliphatic carbocycles. The van der Waals surface area contributed by atoms with E-state index in [4.69, 9.17) is 16.3 Å². The Morgan fingerprint density at radius 3 is 2.30 bits per heavy atom. The Kier molecular flexibility index (Phi) is 7.04. The second-order valence-electron chi connectivity index (χ2n) is 12.2. The number of carbonyl (C=O) groups is 3. The Labute approximate surface area is 277 Å². The van der Waals surface area contributed by atoms with E-state index < -0.39 is 11.8 Å². The monoisotopic (exact) mass is 673 g/mol. The third kappa shape index (κ3) is 4.51. The number of amides is 3. The van der Waals surface area contributed by atoms with Gasteiger partial charge in [-0.15, -0.1) is 11.8 Å². The van der Waals surface area contributed by atoms with Crippen LogP contribution in [0.15, 0.2) is 82.6 Å². The molecule has 1 aromatic heterocycles. The van der Waals surface area contributed by atoms with E-state index in [1.165, 1.54) is 21.6 Å². The lowest BCUT2D eigenvalue weighted by atomic mass is 9.68. The number of benzene rings is 3. The number of phenols is 1. The van der Waals surface area contributed by atoms with Crippen LogP contribution in [0.1, 0.15) is 22.8 Å². The van der Waals surface area contributed by atoms with Crippen molar-refractivity contribution in [2.24, 2.45) is 29.6 Å². The van der Waals surface area contributed by atoms with Gasteiger partial charge in [-0.05, 0) is 90.4 Å². The van der Waals surface area contributed by atoms with Crippen LogP contribution in [0.2, 0.25) is 5.02 Å². The van der Waals surface area contributed by atoms with Crippen LogP contribution < -0.4 is 19.8 Å². The van der Waals surface area contributed by atoms with Gasteiger partial charge in [-0.2, -0.15) is 0 Å². The lowest BCUT2D eigenvalue weighted by Crippen LogP contribution is -2.43. The van der Waals surface area contributed by atoms with Gasteiger partial charge >= 0.3 is 4.87 Å². The fourth-order valence-electron chi connectivity index (χ4n) is 8.17. The minimum Gasteiger partial charge on any atom is -0.508 e. The summed E-state index contributed by atoms with van der Waals surface area (Å²) in [6.07, 6.45) is 0.761. The molecule has 7 unspecified atom stereocenters. The normalized spacial score (nSPS) is 27.3. The van der Waals surface area contributed by atoms with Gasteiger partial charge in [-0.3, -0.25) is 28.6 Å². The van der Waals surface area contributed by atoms with E-state index in [1.54, 1.807) is 55.3 Å². The number of anilines is 2. The summed E-state index contributed by atoms with van der Waals surface area (Å²) in [7, 11) is 1.61. The maximum Gasteiger partial charge on any atom is 0.308 e. The summed E-state index contributed by atoms with van der Waals surface area (Å²) in [6.45, 7) is -0.173. The summed E-state index contributed by atoms with van der Waals surface area (Å²) >= 11 is 8.83. The van der Waals surface area contributed by atoms with Crippen LogP contribution >= 0.6 is 34.7 Å². The van der Waals surface area contributed by atoms with Crippen molar-refractivity contribution in [3.8, 4) is 11.5 Å². The van der Waals surface area contributed by atoms with E-state index in [-0.39, 0.29) is 63.8 Å². The van der Waals surface area contributed by atoms with E-state index in [9.17, 15) is 24.3 Å². The molecule has 2 bridgehead atoms. The van der Waals surface area contributed by atoms with E-state index in [0.717, 1.165) is 33.2 Å². The summed E-state index contributed by atoms with van der Waals surface area (Å²) in [5.41, 5.74) is 2.05. The third-order valence-corrected chi connectivity index (χ3v) is 13.0. The number of hydrogen-bond acceptors (Lipinski definition) is 8. The molecule has 46 heavy (non-hydrogen) atoms. The van der Waals surface area contributed by atoms with Gasteiger partial charge in [0.15, 0.2) is 0 Å². The number of methoxy groups -OCH3 is 1. The summed E-state index contributed by atoms with van der Waals surface area (Å²) in [5.74, 6) is -1.01. The Morgan fingerprint density at radius 1 is 0.957 bits per heavy atom. The number of aromatic nitrogens is 1. The minimum atomic E-state index is -0.434. The van der Waals surface area contributed by atoms with Crippen molar-refractivity contribution >= 4 is 63.8 Å². The highest BCUT2D eigenvalue weighted by Crippen LogP contribution is 2.69. The third-order valence-electron chi connectivity index (χ3n) is 9.96. The Balaban J connectivity index is 1.17. The van der Waals surface area contributed by atoms with Crippen LogP contribution in [0.3, 0.4) is 0 Å². The van der Waals surface area contributed by atoms with Gasteiger partial charge < -0.3 is 15.2 Å². The largest absolute Gasteiger partial charge is 0.508 e. The van der Waals surface area contributed by atoms with Gasteiger partial charge in [-0.1, -0.05) is 35.1 Å². The molecule has 3 amide bonds. The van der Waals surface area contributed by atoms with Gasteiger partial charge in [-0.25, -0.2) is 0 Å². The fraction of sp³-hybridized carbons (Fsp3) is 0.294. The molecule has 234 valence electrons. The number of nitrogens with zero attached hydrogens (tertiary/aromatic N) is 2. The smallest absolute Gasteiger partial charge is 0.308 e. The lowest BCUT2D eigenvalue weighted by Gasteiger charge is -2.43. The molecule has 3 heterocycles. The van der Waals surface area contributed by atoms with Crippen molar-refractivity contribution in [3.05, 3.63) is 97.9 Å². The number of fused-ring (bicyclic) bond motifs is 9. The molecule has 4 aliphatic rings. The number of ether oxygens (including phenoxy) is 1. The maximum absolute atomic E-state index is 14.0. The predicted octanol–water partition coefficient (Wildman–Crippen LogP) is 5.59. The van der Waals surface area contributed by atoms with Crippen molar-refractivity contribution in [1.29, 1.82) is 0 Å². The summed E-state index contributed by atoms with van der Waals surface area (Å²) in [4.78, 5) is 56.7. The average molecular weight is 674 g/mol. The van der Waals surface area contributed by atoms with E-state index in [2.05, 4.69) is 5.32 Å². The highest BCUT2D eigenvalue weighted by Gasteiger charge is 2.69. The number of rotatable bonds is 6. The molecule has 8 rings (SSSR count). The second-order valence-corrected chi connectivity index (χ2v) is 14.8. The van der Waals surface area contributed by atoms with Crippen LogP contribution in [0, 0.1) is 29.6 Å². The van der Waals surface area contributed by atoms with Gasteiger partial charge in [0, 0.05) is 26.8 Å². The molecule has 0 spiro atoms. The summed E-state index contributed by atoms with van der Waals surface area (Å²) in [6, 6.07) is 20.8. The first-order chi connectivity index (χ1) is 22.2. The van der Waals surface area contributed by atoms with Crippen molar-refractivity contribution in [2.75, 3.05) is 17.3 Å². The molecule has 12 heteroatoms. The Bertz CT molecular complexity index is 1940. The molecular formula is C34H28ClN3O6S2. The highest BCUT2D eigenvalue weighted by atomic mass is 35.5. The summed E-state index contributed by atoms with van der Waals surface area (Å²) in [5, 5.41) is 13.7. The van der Waals surface area contributed by atoms with Gasteiger partial charge in [0.25, 0.3) is 0 Å². The van der Waals surface area contributed by atoms with Crippen molar-refractivity contribution in [3.63, 3.8) is 0 Å². The van der Waals surface area contributed by atoms with Gasteiger partial charge in [0.1, 0.15) is 18.0 Å². The number of imide groups is 1. The van der Waals surface area contributed by atoms with Crippen molar-refractivity contribution < 1.29 is 24.2 Å². The first-order valence-corrected chi connectivity index (χ1v) is 17.1. The fourth-order valence-corrected chi connectivity index (χ4v) is 11.4. The molecule has 0 radical (unpaired) electrons. The van der Waals surface area contributed by atoms with Crippen molar-refractivity contribution in [1.82, 2.24) is 4.57 Å². The Morgan fingerprint density at radius 2 is 1.63 bits per heavy atom. The van der Waals surface area contributed by atoms with Crippen LogP contribution in [-0.4, -0.2) is 39.8 Å². The molecule has 2 aliphatic heterocycles. The first-order valence-electron chi connectivity index (χ1n) is 15.0. The number of halogens is 1. The molecule has 2 saturated carbocycles. The number of phenolic OH excluding ortho intramolecular Hbond substituents is 1. The van der Waals surface area contributed by atoms with Crippen LogP contribution in [0.4, 0.5) is 11.4 Å². The van der Waals surface area contributed by atoms with Crippen LogP contribution in [0.5, 0.6) is 11.5 Å². The topological polar surface area (TPSA) is 118 Å². The molecular weight excluding hydrogens is 646 g/mol. The van der Waals surface area contributed by atoms with Gasteiger partial charge in [0.05, 0.1) is 29.7 Å². The molecule has 9 nitrogen and oxygen atoms in total. The average Bonchev–Trinajstić information content (AvgIpc) is 3.77. The number of aromatic hydroxyl groups is 1. The molecule has 2 N–H and O–H groups in total. The number of hydrogen-bond donors (Lipinski definition) is 2. The molecule has 1 saturated heterocycles. The van der Waals surface area contributed by atoms with E-state index >= 15 is 0 Å². The maximum atomic E-state index is 14.0. The zero-order chi connectivity index (χ0) is 31.9. The SMILES string of the molecule is COc1ccc(C2c3sc(=O)n(CC(=O)Nc4ccc(O)cc4)c3SC3C4CC(C5C(=O)N(c6ccc(Cl)cc6)C(=O)C45)C23)cc1. The molecule has 3 aromatic carbocycles. The van der Waals surface area contributed by atoms with E-state index in [1.807, 2.05) is 24.3 Å². The number of thioether (sulfide) groups is 1. The zero-order valence-corrected chi connectivity index (χ0v) is 26.9. The Hall–Kier alpha value is -4.06. The van der Waals surface area contributed by atoms with Crippen LogP contribution in [-0.2, 0) is 20.9 Å². The van der Waals surface area contributed by atoms with Gasteiger partial charge in [0.2, 0.25) is 17.7 Å². The standard InChI is InChI=1S/C34H28ClN3O6S2/c1-44-21-12-2-16(3-13-21)25-26-22-14-23(28-27(22)31(41)38(32(28)42)19-8-4-17(35)5-9-19)29(26)45-33-30(25)46-34(43)37(33)15-24(40)36-18-6-10-20(39)11-7-18/h2-13,22-23,25-29,39H,14-15H2,1H3,(H,36,40). The minimum absolute atomic E-state index is 0.0202. The lowest BCUT2D eigenvalue weighted by molar-refractivity contribution is -0.123. The van der Waals surface area contributed by atoms with E-state index in [0.29, 0.717) is 22.1 Å². The first kappa shape index (κ1) is 29.3. The molecule has 4 aromatic rings. The second kappa shape index (κ2) is 11.0. The number of thiazole rings is 1. The molecule has 3 fully saturated rings. The predicted molar refractivity (Wildman–Crippen MR) is 176 cm³/mol. The molecule has 7 atom stereocenters. The quantitative estimate of drug-likeness (QED) is 0.202. The number of nitrogens with one attached hydrogen (secondary N) is 1. The zero-order valence-electron chi connectivity index (χ0n) is 24.5. The van der Waals surface area contributed by atoms with Crippen molar-refractivity contribution in [2.45, 2.75) is 29.2 Å².